The molecule has 0 bridgehead atoms. The molecule has 8 heteroatoms. The fourth-order valence-corrected chi connectivity index (χ4v) is 4.58. The monoisotopic (exact) mass is 484 g/mol. The third-order valence-corrected chi connectivity index (χ3v) is 7.15. The molecule has 2 amide bonds. The second-order valence-electron chi connectivity index (χ2n) is 8.74. The predicted molar refractivity (Wildman–Crippen MR) is 134 cm³/mol. The number of thioether (sulfide) groups is 1. The lowest BCUT2D eigenvalue weighted by Crippen LogP contribution is -2.51. The van der Waals surface area contributed by atoms with Crippen LogP contribution in [0, 0.1) is 5.41 Å². The van der Waals surface area contributed by atoms with Gasteiger partial charge in [-0.1, -0.05) is 55.5 Å². The highest BCUT2D eigenvalue weighted by atomic mass is 32.2. The van der Waals surface area contributed by atoms with E-state index in [1.165, 1.54) is 11.8 Å². The van der Waals surface area contributed by atoms with Gasteiger partial charge in [-0.2, -0.15) is 11.8 Å². The minimum absolute atomic E-state index is 0.0425. The Labute approximate surface area is 204 Å². The van der Waals surface area contributed by atoms with Crippen molar-refractivity contribution in [2.24, 2.45) is 5.41 Å². The summed E-state index contributed by atoms with van der Waals surface area (Å²) in [4.78, 5) is 36.9. The van der Waals surface area contributed by atoms with Gasteiger partial charge in [0.2, 0.25) is 5.91 Å². The van der Waals surface area contributed by atoms with Crippen LogP contribution in [0.5, 0.6) is 0 Å². The van der Waals surface area contributed by atoms with Gasteiger partial charge in [0.15, 0.2) is 0 Å². The van der Waals surface area contributed by atoms with Gasteiger partial charge in [-0.25, -0.2) is 9.59 Å². The Kier molecular flexibility index (Phi) is 8.61. The number of alkyl carbamates (subject to hydrolysis) is 1. The van der Waals surface area contributed by atoms with E-state index >= 15 is 0 Å². The lowest BCUT2D eigenvalue weighted by Gasteiger charge is -2.29. The molecule has 2 aromatic carbocycles. The van der Waals surface area contributed by atoms with E-state index in [1.54, 1.807) is 6.92 Å². The third kappa shape index (κ3) is 5.73. The van der Waals surface area contributed by atoms with Crippen molar-refractivity contribution in [1.29, 1.82) is 0 Å². The number of fused-ring (bicyclic) bond motifs is 3. The van der Waals surface area contributed by atoms with Gasteiger partial charge in [0.1, 0.15) is 12.6 Å². The molecule has 34 heavy (non-hydrogen) atoms. The lowest BCUT2D eigenvalue weighted by atomic mass is 9.86. The number of aliphatic carboxylic acids is 1. The molecular weight excluding hydrogens is 452 g/mol. The van der Waals surface area contributed by atoms with E-state index in [0.717, 1.165) is 22.3 Å². The zero-order chi connectivity index (χ0) is 24.7. The predicted octanol–water partition coefficient (Wildman–Crippen LogP) is 4.26. The molecule has 1 aliphatic rings. The maximum absolute atomic E-state index is 12.9. The summed E-state index contributed by atoms with van der Waals surface area (Å²) in [5.74, 6) is -0.891. The average Bonchev–Trinajstić information content (AvgIpc) is 3.17. The van der Waals surface area contributed by atoms with Crippen molar-refractivity contribution in [2.45, 2.75) is 38.6 Å². The number of hydrogen-bond acceptors (Lipinski definition) is 5. The van der Waals surface area contributed by atoms with E-state index < -0.39 is 29.4 Å². The molecule has 2 aromatic rings. The van der Waals surface area contributed by atoms with Crippen LogP contribution in [-0.4, -0.2) is 54.3 Å². The standard InChI is InChI=1S/C26H32N2O5S/c1-4-26(2,24(31)28-22(23(29)30)13-14-34-3)16-27-25(32)33-15-21-19-11-7-5-9-17(19)18-10-6-8-12-20(18)21/h5-12,21-22H,4,13-16H2,1-3H3,(H,27,32)(H,28,31)(H,29,30)/t22-,26?/m0/s1. The smallest absolute Gasteiger partial charge is 0.407 e. The van der Waals surface area contributed by atoms with Crippen molar-refractivity contribution >= 4 is 29.7 Å². The summed E-state index contributed by atoms with van der Waals surface area (Å²) in [6, 6.07) is 15.2. The van der Waals surface area contributed by atoms with Gasteiger partial charge in [-0.15, -0.1) is 0 Å². The first kappa shape index (κ1) is 25.6. The number of carboxylic acid groups (broad SMARTS) is 1. The van der Waals surface area contributed by atoms with Gasteiger partial charge in [0, 0.05) is 12.5 Å². The Balaban J connectivity index is 1.58. The molecular formula is C26H32N2O5S. The minimum Gasteiger partial charge on any atom is -0.480 e. The molecule has 0 spiro atoms. The summed E-state index contributed by atoms with van der Waals surface area (Å²) in [6.45, 7) is 3.77. The summed E-state index contributed by atoms with van der Waals surface area (Å²) >= 11 is 1.52. The molecule has 3 rings (SSSR count). The van der Waals surface area contributed by atoms with Crippen LogP contribution in [0.3, 0.4) is 0 Å². The molecule has 3 N–H and O–H groups in total. The number of nitrogens with one attached hydrogen (secondary N) is 2. The molecule has 0 radical (unpaired) electrons. The number of rotatable bonds is 11. The molecule has 0 saturated heterocycles. The van der Waals surface area contributed by atoms with Crippen molar-refractivity contribution < 1.29 is 24.2 Å². The van der Waals surface area contributed by atoms with Crippen molar-refractivity contribution in [2.75, 3.05) is 25.2 Å². The topological polar surface area (TPSA) is 105 Å². The molecule has 7 nitrogen and oxygen atoms in total. The van der Waals surface area contributed by atoms with Gasteiger partial charge in [0.25, 0.3) is 0 Å². The molecule has 182 valence electrons. The molecule has 0 aromatic heterocycles. The van der Waals surface area contributed by atoms with Crippen molar-refractivity contribution in [3.63, 3.8) is 0 Å². The fraction of sp³-hybridized carbons (Fsp3) is 0.423. The molecule has 2 atom stereocenters. The van der Waals surface area contributed by atoms with Crippen LogP contribution in [-0.2, 0) is 14.3 Å². The first-order valence-electron chi connectivity index (χ1n) is 11.4. The number of hydrogen-bond donors (Lipinski definition) is 3. The molecule has 1 unspecified atom stereocenters. The van der Waals surface area contributed by atoms with Gasteiger partial charge in [0.05, 0.1) is 5.41 Å². The second-order valence-corrected chi connectivity index (χ2v) is 9.72. The normalized spacial score (nSPS) is 14.9. The van der Waals surface area contributed by atoms with Gasteiger partial charge >= 0.3 is 12.1 Å². The second kappa shape index (κ2) is 11.4. The van der Waals surface area contributed by atoms with Crippen LogP contribution >= 0.6 is 11.8 Å². The van der Waals surface area contributed by atoms with Crippen LogP contribution in [0.1, 0.15) is 43.7 Å². The number of carboxylic acids is 1. The maximum atomic E-state index is 12.9. The van der Waals surface area contributed by atoms with E-state index in [-0.39, 0.29) is 19.1 Å². The highest BCUT2D eigenvalue weighted by Gasteiger charge is 2.35. The Morgan fingerprint density at radius 2 is 1.68 bits per heavy atom. The first-order chi connectivity index (χ1) is 16.3. The Morgan fingerprint density at radius 1 is 1.09 bits per heavy atom. The van der Waals surface area contributed by atoms with E-state index in [1.807, 2.05) is 37.4 Å². The van der Waals surface area contributed by atoms with Crippen LogP contribution in [0.4, 0.5) is 4.79 Å². The number of carbonyl (C=O) groups is 3. The Morgan fingerprint density at radius 3 is 2.21 bits per heavy atom. The Hall–Kier alpha value is -3.00. The van der Waals surface area contributed by atoms with E-state index in [0.29, 0.717) is 18.6 Å². The summed E-state index contributed by atoms with van der Waals surface area (Å²) in [7, 11) is 0. The summed E-state index contributed by atoms with van der Waals surface area (Å²) < 4.78 is 5.55. The number of amides is 2. The average molecular weight is 485 g/mol. The molecule has 0 saturated carbocycles. The number of ether oxygens (including phenoxy) is 1. The molecule has 0 fully saturated rings. The van der Waals surface area contributed by atoms with Gasteiger partial charge in [-0.05, 0) is 54.0 Å². The first-order valence-corrected chi connectivity index (χ1v) is 12.8. The van der Waals surface area contributed by atoms with E-state index in [2.05, 4.69) is 34.9 Å². The van der Waals surface area contributed by atoms with Gasteiger partial charge < -0.3 is 20.5 Å². The zero-order valence-electron chi connectivity index (χ0n) is 19.8. The maximum Gasteiger partial charge on any atom is 0.407 e. The lowest BCUT2D eigenvalue weighted by molar-refractivity contribution is -0.143. The highest BCUT2D eigenvalue weighted by molar-refractivity contribution is 7.98. The third-order valence-electron chi connectivity index (χ3n) is 6.51. The summed E-state index contributed by atoms with van der Waals surface area (Å²) in [5, 5.41) is 14.7. The van der Waals surface area contributed by atoms with E-state index in [9.17, 15) is 19.5 Å². The van der Waals surface area contributed by atoms with Crippen LogP contribution < -0.4 is 10.6 Å². The zero-order valence-corrected chi connectivity index (χ0v) is 20.6. The van der Waals surface area contributed by atoms with Crippen molar-refractivity contribution in [3.05, 3.63) is 59.7 Å². The quantitative estimate of drug-likeness (QED) is 0.440. The van der Waals surface area contributed by atoms with Crippen LogP contribution in [0.25, 0.3) is 11.1 Å². The molecule has 0 aliphatic heterocycles. The summed E-state index contributed by atoms with van der Waals surface area (Å²) in [5.41, 5.74) is 3.59. The largest absolute Gasteiger partial charge is 0.480 e. The van der Waals surface area contributed by atoms with Crippen molar-refractivity contribution in [3.8, 4) is 11.1 Å². The fourth-order valence-electron chi connectivity index (χ4n) is 4.11. The SMILES string of the molecule is CCC(C)(CNC(=O)OCC1c2ccccc2-c2ccccc21)C(=O)N[C@@H](CCSC)C(=O)O. The van der Waals surface area contributed by atoms with Crippen molar-refractivity contribution in [1.82, 2.24) is 10.6 Å². The minimum atomic E-state index is -1.06. The van der Waals surface area contributed by atoms with Gasteiger partial charge in [-0.3, -0.25) is 4.79 Å². The van der Waals surface area contributed by atoms with Crippen LogP contribution in [0.15, 0.2) is 48.5 Å². The Bertz CT molecular complexity index is 998. The number of benzene rings is 2. The van der Waals surface area contributed by atoms with Crippen LogP contribution in [0.2, 0.25) is 0 Å². The highest BCUT2D eigenvalue weighted by Crippen LogP contribution is 2.44. The molecule has 0 heterocycles. The number of carbonyl (C=O) groups excluding carboxylic acids is 2. The van der Waals surface area contributed by atoms with E-state index in [4.69, 9.17) is 4.74 Å². The molecule has 1 aliphatic carbocycles. The summed E-state index contributed by atoms with van der Waals surface area (Å²) in [6.07, 6.45) is 2.04.